The Kier molecular flexibility index (Phi) is 3.24. The molecule has 1 saturated carbocycles. The van der Waals surface area contributed by atoms with Crippen molar-refractivity contribution in [1.29, 1.82) is 0 Å². The molecule has 1 aliphatic carbocycles. The lowest BCUT2D eigenvalue weighted by molar-refractivity contribution is -0.127. The Hall–Kier alpha value is -1.86. The van der Waals surface area contributed by atoms with Crippen LogP contribution >= 0.6 is 22.7 Å². The van der Waals surface area contributed by atoms with E-state index in [1.807, 2.05) is 19.1 Å². The van der Waals surface area contributed by atoms with Crippen molar-refractivity contribution in [3.05, 3.63) is 29.1 Å². The first-order valence-corrected chi connectivity index (χ1v) is 9.23. The van der Waals surface area contributed by atoms with E-state index in [1.165, 1.54) is 0 Å². The number of guanidine groups is 1. The van der Waals surface area contributed by atoms with Crippen LogP contribution < -0.4 is 16.8 Å². The third kappa shape index (κ3) is 2.44. The second-order valence-corrected chi connectivity index (χ2v) is 8.51. The molecule has 120 valence electrons. The van der Waals surface area contributed by atoms with Crippen molar-refractivity contribution in [3.8, 4) is 9.75 Å². The van der Waals surface area contributed by atoms with Gasteiger partial charge in [0, 0.05) is 14.6 Å². The Bertz CT molecular complexity index is 805. The van der Waals surface area contributed by atoms with Crippen LogP contribution in [0.3, 0.4) is 0 Å². The average molecular weight is 346 g/mol. The van der Waals surface area contributed by atoms with Crippen molar-refractivity contribution >= 4 is 39.5 Å². The molecule has 23 heavy (non-hydrogen) atoms. The third-order valence-electron chi connectivity index (χ3n) is 4.56. The minimum absolute atomic E-state index is 0.00202. The van der Waals surface area contributed by atoms with Gasteiger partial charge in [-0.3, -0.25) is 10.1 Å². The number of aliphatic imine (C=N–C) groups is 1. The van der Waals surface area contributed by atoms with Gasteiger partial charge in [-0.2, -0.15) is 0 Å². The molecule has 1 amide bonds. The van der Waals surface area contributed by atoms with E-state index in [0.717, 1.165) is 32.5 Å². The maximum atomic E-state index is 12.5. The summed E-state index contributed by atoms with van der Waals surface area (Å²) in [4.78, 5) is 20.5. The van der Waals surface area contributed by atoms with Gasteiger partial charge in [-0.25, -0.2) is 4.99 Å². The van der Waals surface area contributed by atoms with Gasteiger partial charge in [-0.15, -0.1) is 22.7 Å². The summed E-state index contributed by atoms with van der Waals surface area (Å²) < 4.78 is 0. The highest BCUT2D eigenvalue weighted by Crippen LogP contribution is 2.51. The van der Waals surface area contributed by atoms with E-state index in [2.05, 4.69) is 22.4 Å². The number of hydrogen-bond acceptors (Lipinski definition) is 6. The molecule has 0 unspecified atom stereocenters. The van der Waals surface area contributed by atoms with Gasteiger partial charge >= 0.3 is 0 Å². The molecule has 3 heterocycles. The first-order valence-electron chi connectivity index (χ1n) is 7.59. The fourth-order valence-electron chi connectivity index (χ4n) is 3.35. The van der Waals surface area contributed by atoms with Crippen molar-refractivity contribution in [2.75, 3.05) is 5.73 Å². The van der Waals surface area contributed by atoms with Crippen LogP contribution in [-0.2, 0) is 10.3 Å². The topological polar surface area (TPSA) is 93.5 Å². The van der Waals surface area contributed by atoms with Gasteiger partial charge in [0.05, 0.1) is 10.9 Å². The molecule has 1 aliphatic heterocycles. The maximum Gasteiger partial charge on any atom is 0.232 e. The number of amides is 1. The van der Waals surface area contributed by atoms with E-state index in [1.54, 1.807) is 22.7 Å². The van der Waals surface area contributed by atoms with Gasteiger partial charge in [0.1, 0.15) is 5.54 Å². The molecule has 2 aromatic rings. The average Bonchev–Trinajstić information content (AvgIpc) is 2.99. The largest absolute Gasteiger partial charge is 0.391 e. The lowest BCUT2D eigenvalue weighted by Crippen LogP contribution is -2.53. The predicted molar refractivity (Wildman–Crippen MR) is 95.4 cm³/mol. The van der Waals surface area contributed by atoms with Crippen LogP contribution in [0.25, 0.3) is 9.75 Å². The molecule has 2 aliphatic rings. The van der Waals surface area contributed by atoms with Crippen LogP contribution in [0.4, 0.5) is 5.00 Å². The highest BCUT2D eigenvalue weighted by Gasteiger charge is 2.52. The molecule has 2 atom stereocenters. The van der Waals surface area contributed by atoms with Crippen LogP contribution in [0, 0.1) is 11.8 Å². The molecule has 1 fully saturated rings. The third-order valence-corrected chi connectivity index (χ3v) is 6.98. The Morgan fingerprint density at radius 2 is 1.87 bits per heavy atom. The van der Waals surface area contributed by atoms with Crippen molar-refractivity contribution in [2.24, 2.45) is 22.6 Å². The quantitative estimate of drug-likeness (QED) is 0.797. The Labute approximate surface area is 142 Å². The minimum Gasteiger partial charge on any atom is -0.391 e. The molecule has 7 heteroatoms. The lowest BCUT2D eigenvalue weighted by Gasteiger charge is -2.36. The fourth-order valence-corrected chi connectivity index (χ4v) is 5.35. The Balaban J connectivity index is 1.76. The Morgan fingerprint density at radius 1 is 1.17 bits per heavy atom. The van der Waals surface area contributed by atoms with E-state index in [9.17, 15) is 4.79 Å². The molecular weight excluding hydrogens is 328 g/mol. The SMILES string of the molecule is C[C@]1(c2ccc(-c3ccc(N)s3)s2)N=C(N)NC(=O)[C@H]1C1CC1. The van der Waals surface area contributed by atoms with Crippen molar-refractivity contribution in [3.63, 3.8) is 0 Å². The van der Waals surface area contributed by atoms with Crippen LogP contribution in [0.15, 0.2) is 29.3 Å². The number of rotatable bonds is 3. The van der Waals surface area contributed by atoms with Gasteiger partial charge in [0.25, 0.3) is 0 Å². The van der Waals surface area contributed by atoms with Gasteiger partial charge in [-0.05, 0) is 49.9 Å². The number of nitrogens with one attached hydrogen (secondary N) is 1. The molecule has 2 aromatic heterocycles. The fraction of sp³-hybridized carbons (Fsp3) is 0.375. The summed E-state index contributed by atoms with van der Waals surface area (Å²) in [6.07, 6.45) is 2.17. The zero-order valence-electron chi connectivity index (χ0n) is 12.7. The lowest BCUT2D eigenvalue weighted by atomic mass is 9.79. The zero-order valence-corrected chi connectivity index (χ0v) is 14.3. The molecule has 0 saturated heterocycles. The van der Waals surface area contributed by atoms with E-state index in [-0.39, 0.29) is 17.8 Å². The highest BCUT2D eigenvalue weighted by atomic mass is 32.1. The summed E-state index contributed by atoms with van der Waals surface area (Å²) in [6, 6.07) is 8.10. The maximum absolute atomic E-state index is 12.5. The molecule has 5 N–H and O–H groups in total. The van der Waals surface area contributed by atoms with Crippen molar-refractivity contribution < 1.29 is 4.79 Å². The summed E-state index contributed by atoms with van der Waals surface area (Å²) in [7, 11) is 0. The van der Waals surface area contributed by atoms with E-state index < -0.39 is 5.54 Å². The molecule has 0 bridgehead atoms. The van der Waals surface area contributed by atoms with Gasteiger partial charge in [0.2, 0.25) is 5.91 Å². The first kappa shape index (κ1) is 14.7. The standard InChI is InChI=1S/C16H18N4OS2/c1-16(13(8-2-3-8)14(21)19-15(18)20-16)11-6-4-9(22-11)10-5-7-12(17)23-10/h4-8,13H,2-3,17H2,1H3,(H3,18,19,20,21)/t13-,16-/m1/s1. The molecule has 4 rings (SSSR count). The van der Waals surface area contributed by atoms with Crippen LogP contribution in [0.5, 0.6) is 0 Å². The summed E-state index contributed by atoms with van der Waals surface area (Å²) in [6.45, 7) is 2.03. The zero-order chi connectivity index (χ0) is 16.2. The van der Waals surface area contributed by atoms with E-state index in [4.69, 9.17) is 11.5 Å². The molecule has 0 aromatic carbocycles. The van der Waals surface area contributed by atoms with E-state index in [0.29, 0.717) is 5.92 Å². The predicted octanol–water partition coefficient (Wildman–Crippen LogP) is 2.74. The number of carbonyl (C=O) groups is 1. The number of carbonyl (C=O) groups excluding carboxylic acids is 1. The molecule has 5 nitrogen and oxygen atoms in total. The number of thiophene rings is 2. The molecular formula is C16H18N4OS2. The second-order valence-electron chi connectivity index (χ2n) is 6.31. The summed E-state index contributed by atoms with van der Waals surface area (Å²) in [5.41, 5.74) is 11.1. The summed E-state index contributed by atoms with van der Waals surface area (Å²) in [5.74, 6) is 0.469. The molecule has 0 spiro atoms. The van der Waals surface area contributed by atoms with Crippen LogP contribution in [-0.4, -0.2) is 11.9 Å². The summed E-state index contributed by atoms with van der Waals surface area (Å²) in [5, 5.41) is 3.50. The second kappa shape index (κ2) is 5.07. The van der Waals surface area contributed by atoms with Gasteiger partial charge in [-0.1, -0.05) is 0 Å². The van der Waals surface area contributed by atoms with Gasteiger partial charge in [0.15, 0.2) is 5.96 Å². The van der Waals surface area contributed by atoms with Crippen LogP contribution in [0.2, 0.25) is 0 Å². The number of nitrogen functional groups attached to an aromatic ring is 1. The van der Waals surface area contributed by atoms with Gasteiger partial charge < -0.3 is 11.5 Å². The first-order chi connectivity index (χ1) is 11.0. The normalized spacial score (nSPS) is 27.6. The highest BCUT2D eigenvalue weighted by molar-refractivity contribution is 7.24. The minimum atomic E-state index is -0.584. The molecule has 0 radical (unpaired) electrons. The monoisotopic (exact) mass is 346 g/mol. The summed E-state index contributed by atoms with van der Waals surface area (Å²) >= 11 is 3.24. The smallest absolute Gasteiger partial charge is 0.232 e. The van der Waals surface area contributed by atoms with Crippen LogP contribution in [0.1, 0.15) is 24.6 Å². The number of anilines is 1. The number of nitrogens with two attached hydrogens (primary N) is 2. The van der Waals surface area contributed by atoms with Crippen molar-refractivity contribution in [2.45, 2.75) is 25.3 Å². The number of hydrogen-bond donors (Lipinski definition) is 3. The van der Waals surface area contributed by atoms with Crippen molar-refractivity contribution in [1.82, 2.24) is 5.32 Å². The van der Waals surface area contributed by atoms with E-state index >= 15 is 0 Å². The Morgan fingerprint density at radius 3 is 2.52 bits per heavy atom. The number of nitrogens with zero attached hydrogens (tertiary/aromatic N) is 1.